The lowest BCUT2D eigenvalue weighted by atomic mass is 10.2. The fourth-order valence-electron chi connectivity index (χ4n) is 1.47. The van der Waals surface area contributed by atoms with E-state index in [4.69, 9.17) is 5.11 Å². The van der Waals surface area contributed by atoms with Gasteiger partial charge in [-0.15, -0.1) is 0 Å². The Labute approximate surface area is 110 Å². The molecule has 1 heterocycles. The van der Waals surface area contributed by atoms with Gasteiger partial charge in [-0.05, 0) is 24.3 Å². The molecule has 6 heteroatoms. The molecule has 19 heavy (non-hydrogen) atoms. The van der Waals surface area contributed by atoms with Crippen molar-refractivity contribution in [3.05, 3.63) is 48.4 Å². The molecule has 0 aliphatic carbocycles. The molecule has 2 rings (SSSR count). The number of hydrogen-bond acceptors (Lipinski definition) is 5. The lowest BCUT2D eigenvalue weighted by Gasteiger charge is -2.07. The first kappa shape index (κ1) is 12.8. The normalized spacial score (nSPS) is 9.89. The van der Waals surface area contributed by atoms with E-state index >= 15 is 0 Å². The second-order valence-electron chi connectivity index (χ2n) is 3.82. The fraction of sp³-hybridized carbons (Fsp3) is 0.154. The number of benzene rings is 1. The summed E-state index contributed by atoms with van der Waals surface area (Å²) in [6.45, 7) is 1.03. The Morgan fingerprint density at radius 3 is 2.63 bits per heavy atom. The number of carbonyl (C=O) groups excluding carboxylic acids is 1. The van der Waals surface area contributed by atoms with Crippen LogP contribution in [0.15, 0.2) is 42.9 Å². The summed E-state index contributed by atoms with van der Waals surface area (Å²) in [4.78, 5) is 19.7. The van der Waals surface area contributed by atoms with Crippen molar-refractivity contribution < 1.29 is 9.90 Å². The highest BCUT2D eigenvalue weighted by molar-refractivity contribution is 5.94. The number of nitrogens with zero attached hydrogens (tertiary/aromatic N) is 2. The van der Waals surface area contributed by atoms with Gasteiger partial charge in [0, 0.05) is 31.0 Å². The van der Waals surface area contributed by atoms with Gasteiger partial charge in [0.15, 0.2) is 0 Å². The van der Waals surface area contributed by atoms with Gasteiger partial charge in [-0.2, -0.15) is 0 Å². The molecule has 3 N–H and O–H groups in total. The minimum Gasteiger partial charge on any atom is -0.508 e. The number of anilines is 1. The van der Waals surface area contributed by atoms with Crippen molar-refractivity contribution in [1.82, 2.24) is 15.3 Å². The molecule has 0 atom stereocenters. The average molecular weight is 258 g/mol. The van der Waals surface area contributed by atoms with Gasteiger partial charge in [0.2, 0.25) is 0 Å². The number of phenols is 1. The predicted molar refractivity (Wildman–Crippen MR) is 71.0 cm³/mol. The minimum absolute atomic E-state index is 0.140. The van der Waals surface area contributed by atoms with E-state index in [0.717, 1.165) is 0 Å². The smallest absolute Gasteiger partial charge is 0.251 e. The highest BCUT2D eigenvalue weighted by Crippen LogP contribution is 2.09. The van der Waals surface area contributed by atoms with E-state index in [9.17, 15) is 4.79 Å². The van der Waals surface area contributed by atoms with Gasteiger partial charge in [-0.1, -0.05) is 0 Å². The molecule has 2 aromatic rings. The highest BCUT2D eigenvalue weighted by Gasteiger charge is 2.03. The molecule has 98 valence electrons. The quantitative estimate of drug-likeness (QED) is 0.697. The first-order chi connectivity index (χ1) is 9.25. The van der Waals surface area contributed by atoms with Gasteiger partial charge < -0.3 is 15.7 Å². The van der Waals surface area contributed by atoms with Crippen molar-refractivity contribution in [3.8, 4) is 5.75 Å². The molecule has 0 fully saturated rings. The largest absolute Gasteiger partial charge is 0.508 e. The number of aromatic nitrogens is 2. The molecule has 0 aliphatic heterocycles. The lowest BCUT2D eigenvalue weighted by molar-refractivity contribution is 0.0955. The number of rotatable bonds is 5. The van der Waals surface area contributed by atoms with E-state index in [2.05, 4.69) is 20.6 Å². The van der Waals surface area contributed by atoms with E-state index in [1.54, 1.807) is 30.7 Å². The summed E-state index contributed by atoms with van der Waals surface area (Å²) in [6.07, 6.45) is 4.80. The Hall–Kier alpha value is -2.63. The van der Waals surface area contributed by atoms with Crippen LogP contribution in [0.5, 0.6) is 5.75 Å². The molecule has 6 nitrogen and oxygen atoms in total. The second kappa shape index (κ2) is 6.34. The maximum Gasteiger partial charge on any atom is 0.251 e. The van der Waals surface area contributed by atoms with E-state index in [1.165, 1.54) is 12.1 Å². The van der Waals surface area contributed by atoms with Crippen LogP contribution in [0.2, 0.25) is 0 Å². The maximum absolute atomic E-state index is 11.7. The molecular weight excluding hydrogens is 244 g/mol. The minimum atomic E-state index is -0.180. The summed E-state index contributed by atoms with van der Waals surface area (Å²) < 4.78 is 0. The molecule has 0 saturated carbocycles. The molecule has 1 aromatic carbocycles. The SMILES string of the molecule is O=C(NCCNc1cnccn1)c1ccc(O)cc1. The number of phenolic OH excluding ortho intramolecular Hbond substituents is 1. The summed E-state index contributed by atoms with van der Waals surface area (Å²) in [5.74, 6) is 0.628. The van der Waals surface area contributed by atoms with Crippen LogP contribution in [-0.4, -0.2) is 34.1 Å². The zero-order valence-electron chi connectivity index (χ0n) is 10.2. The van der Waals surface area contributed by atoms with Crippen LogP contribution in [0, 0.1) is 0 Å². The Bertz CT molecular complexity index is 528. The Morgan fingerprint density at radius 2 is 1.95 bits per heavy atom. The first-order valence-electron chi connectivity index (χ1n) is 5.83. The summed E-state index contributed by atoms with van der Waals surface area (Å²) in [7, 11) is 0. The van der Waals surface area contributed by atoms with Gasteiger partial charge in [0.05, 0.1) is 6.20 Å². The molecule has 0 spiro atoms. The first-order valence-corrected chi connectivity index (χ1v) is 5.83. The van der Waals surface area contributed by atoms with E-state index in [1.807, 2.05) is 0 Å². The second-order valence-corrected chi connectivity index (χ2v) is 3.82. The van der Waals surface area contributed by atoms with Gasteiger partial charge in [-0.3, -0.25) is 9.78 Å². The maximum atomic E-state index is 11.7. The van der Waals surface area contributed by atoms with Gasteiger partial charge in [-0.25, -0.2) is 4.98 Å². The topological polar surface area (TPSA) is 87.1 Å². The Morgan fingerprint density at radius 1 is 1.16 bits per heavy atom. The summed E-state index contributed by atoms with van der Waals surface area (Å²) in [5, 5.41) is 14.9. The number of hydrogen-bond donors (Lipinski definition) is 3. The van der Waals surface area contributed by atoms with Crippen LogP contribution in [0.4, 0.5) is 5.82 Å². The molecule has 0 aliphatic rings. The molecule has 1 amide bonds. The monoisotopic (exact) mass is 258 g/mol. The zero-order valence-corrected chi connectivity index (χ0v) is 10.2. The average Bonchev–Trinajstić information content (AvgIpc) is 2.45. The van der Waals surface area contributed by atoms with Crippen molar-refractivity contribution in [1.29, 1.82) is 0 Å². The highest BCUT2D eigenvalue weighted by atomic mass is 16.3. The summed E-state index contributed by atoms with van der Waals surface area (Å²) in [6, 6.07) is 6.10. The summed E-state index contributed by atoms with van der Waals surface area (Å²) >= 11 is 0. The summed E-state index contributed by atoms with van der Waals surface area (Å²) in [5.41, 5.74) is 0.511. The van der Waals surface area contributed by atoms with Crippen LogP contribution in [-0.2, 0) is 0 Å². The van der Waals surface area contributed by atoms with Crippen LogP contribution in [0.1, 0.15) is 10.4 Å². The van der Waals surface area contributed by atoms with Crippen LogP contribution < -0.4 is 10.6 Å². The standard InChI is InChI=1S/C13H14N4O2/c18-11-3-1-10(2-4-11)13(19)17-8-7-16-12-9-14-5-6-15-12/h1-6,9,18H,7-8H2,(H,15,16)(H,17,19). The molecule has 0 radical (unpaired) electrons. The number of amides is 1. The number of carbonyl (C=O) groups is 1. The fourth-order valence-corrected chi connectivity index (χ4v) is 1.47. The van der Waals surface area contributed by atoms with E-state index < -0.39 is 0 Å². The van der Waals surface area contributed by atoms with Gasteiger partial charge in [0.1, 0.15) is 11.6 Å². The van der Waals surface area contributed by atoms with Crippen molar-refractivity contribution in [2.24, 2.45) is 0 Å². The zero-order chi connectivity index (χ0) is 13.5. The Balaban J connectivity index is 1.74. The third kappa shape index (κ3) is 3.95. The predicted octanol–water partition coefficient (Wildman–Crippen LogP) is 1.02. The lowest BCUT2D eigenvalue weighted by Crippen LogP contribution is -2.28. The van der Waals surface area contributed by atoms with Crippen molar-refractivity contribution >= 4 is 11.7 Å². The van der Waals surface area contributed by atoms with Crippen LogP contribution in [0.3, 0.4) is 0 Å². The third-order valence-electron chi connectivity index (χ3n) is 2.41. The van der Waals surface area contributed by atoms with Crippen LogP contribution in [0.25, 0.3) is 0 Å². The van der Waals surface area contributed by atoms with Gasteiger partial charge >= 0.3 is 0 Å². The van der Waals surface area contributed by atoms with Crippen LogP contribution >= 0.6 is 0 Å². The molecule has 0 unspecified atom stereocenters. The third-order valence-corrected chi connectivity index (χ3v) is 2.41. The molecule has 0 bridgehead atoms. The number of nitrogens with one attached hydrogen (secondary N) is 2. The number of aromatic hydroxyl groups is 1. The Kier molecular flexibility index (Phi) is 4.28. The molecule has 1 aromatic heterocycles. The van der Waals surface area contributed by atoms with E-state index in [0.29, 0.717) is 24.5 Å². The van der Waals surface area contributed by atoms with E-state index in [-0.39, 0.29) is 11.7 Å². The van der Waals surface area contributed by atoms with Crippen molar-refractivity contribution in [3.63, 3.8) is 0 Å². The van der Waals surface area contributed by atoms with Crippen molar-refractivity contribution in [2.45, 2.75) is 0 Å². The van der Waals surface area contributed by atoms with Crippen molar-refractivity contribution in [2.75, 3.05) is 18.4 Å². The molecular formula is C13H14N4O2. The van der Waals surface area contributed by atoms with Gasteiger partial charge in [0.25, 0.3) is 5.91 Å². The molecule has 0 saturated heterocycles.